The first kappa shape index (κ1) is 15.6. The molecular formula is C19H17IN2O2. The number of hydrogen-bond acceptors (Lipinski definition) is 4. The summed E-state index contributed by atoms with van der Waals surface area (Å²) in [6.45, 7) is 0. The predicted octanol–water partition coefficient (Wildman–Crippen LogP) is 5.36. The summed E-state index contributed by atoms with van der Waals surface area (Å²) in [5.41, 5.74) is 2.46. The second-order valence-electron chi connectivity index (χ2n) is 6.35. The molecule has 0 saturated heterocycles. The van der Waals surface area contributed by atoms with Crippen LogP contribution in [0.5, 0.6) is 11.5 Å². The third-order valence-electron chi connectivity index (χ3n) is 4.99. The molecule has 0 spiro atoms. The maximum Gasteiger partial charge on any atom is 0.142 e. The summed E-state index contributed by atoms with van der Waals surface area (Å²) in [6, 6.07) is 14.4. The molecule has 4 nitrogen and oxygen atoms in total. The summed E-state index contributed by atoms with van der Waals surface area (Å²) in [5.74, 6) is 0.940. The van der Waals surface area contributed by atoms with Crippen molar-refractivity contribution in [2.45, 2.75) is 24.8 Å². The van der Waals surface area contributed by atoms with E-state index >= 15 is 0 Å². The molecule has 0 bridgehead atoms. The molecule has 0 amide bonds. The number of halogens is 1. The lowest BCUT2D eigenvalue weighted by Crippen LogP contribution is -2.36. The molecule has 0 radical (unpaired) electrons. The lowest BCUT2D eigenvalue weighted by atomic mass is 9.67. The van der Waals surface area contributed by atoms with Crippen LogP contribution in [0.3, 0.4) is 0 Å². The van der Waals surface area contributed by atoms with E-state index in [2.05, 4.69) is 27.7 Å². The van der Waals surface area contributed by atoms with E-state index in [1.54, 1.807) is 24.3 Å². The molecule has 5 heteroatoms. The maximum absolute atomic E-state index is 9.62. The van der Waals surface area contributed by atoms with Crippen LogP contribution in [0.1, 0.15) is 30.4 Å². The molecule has 1 heterocycles. The van der Waals surface area contributed by atoms with E-state index < -0.39 is 5.54 Å². The number of phenolic OH excluding ortho intramolecular Hbond substituents is 2. The van der Waals surface area contributed by atoms with E-state index in [9.17, 15) is 10.2 Å². The number of benzene rings is 2. The minimum atomic E-state index is -0.445. The Morgan fingerprint density at radius 1 is 0.917 bits per heavy atom. The lowest BCUT2D eigenvalue weighted by Gasteiger charge is -2.40. The van der Waals surface area contributed by atoms with Crippen LogP contribution in [-0.4, -0.2) is 10.2 Å². The van der Waals surface area contributed by atoms with Gasteiger partial charge in [-0.1, -0.05) is 18.6 Å². The quantitative estimate of drug-likeness (QED) is 0.642. The van der Waals surface area contributed by atoms with E-state index in [4.69, 9.17) is 5.11 Å². The molecule has 2 N–H and O–H groups in total. The second-order valence-corrected chi connectivity index (χ2v) is 7.43. The van der Waals surface area contributed by atoms with Crippen molar-refractivity contribution in [1.29, 1.82) is 0 Å². The molecule has 2 aromatic rings. The molecule has 122 valence electrons. The predicted molar refractivity (Wildman–Crippen MR) is 101 cm³/mol. The zero-order chi connectivity index (χ0) is 16.7. The molecule has 2 aromatic carbocycles. The van der Waals surface area contributed by atoms with E-state index in [0.717, 1.165) is 33.2 Å². The topological polar surface area (TPSA) is 65.2 Å². The standard InChI is InChI=1S/C19H17IN2O2/c20-18-17(12-4-8-15(23)9-5-12)21-22-19(18,13-2-1-3-13)14-6-10-16(24)11-7-14/h4-11,13,23-24H,1-3H2. The van der Waals surface area contributed by atoms with E-state index in [1.165, 1.54) is 6.42 Å². The smallest absolute Gasteiger partial charge is 0.142 e. The highest BCUT2D eigenvalue weighted by Crippen LogP contribution is 2.57. The van der Waals surface area contributed by atoms with Gasteiger partial charge in [0.25, 0.3) is 0 Å². The van der Waals surface area contributed by atoms with Gasteiger partial charge in [0.1, 0.15) is 22.7 Å². The summed E-state index contributed by atoms with van der Waals surface area (Å²) in [4.78, 5) is 0. The molecule has 1 atom stereocenters. The van der Waals surface area contributed by atoms with E-state index in [1.807, 2.05) is 24.3 Å². The minimum absolute atomic E-state index is 0.244. The highest BCUT2D eigenvalue weighted by atomic mass is 127. The van der Waals surface area contributed by atoms with Crippen molar-refractivity contribution in [3.63, 3.8) is 0 Å². The molecular weight excluding hydrogens is 415 g/mol. The Bertz CT molecular complexity index is 823. The SMILES string of the molecule is Oc1ccc(C2=C(I)C(c3ccc(O)cc3)(C3CCC3)N=N2)cc1. The van der Waals surface area contributed by atoms with Gasteiger partial charge in [-0.2, -0.15) is 10.2 Å². The van der Waals surface area contributed by atoms with Crippen LogP contribution in [0.15, 0.2) is 62.3 Å². The number of rotatable bonds is 3. The molecule has 2 aliphatic rings. The molecule has 1 fully saturated rings. The molecule has 0 aromatic heterocycles. The zero-order valence-corrected chi connectivity index (χ0v) is 15.1. The van der Waals surface area contributed by atoms with E-state index in [-0.39, 0.29) is 11.5 Å². The van der Waals surface area contributed by atoms with Crippen molar-refractivity contribution in [2.75, 3.05) is 0 Å². The second kappa shape index (κ2) is 5.88. The van der Waals surface area contributed by atoms with Gasteiger partial charge in [-0.15, -0.1) is 0 Å². The van der Waals surface area contributed by atoms with Crippen LogP contribution in [0.2, 0.25) is 0 Å². The molecule has 1 aliphatic carbocycles. The minimum Gasteiger partial charge on any atom is -0.508 e. The van der Waals surface area contributed by atoms with Crippen molar-refractivity contribution < 1.29 is 10.2 Å². The fraction of sp³-hybridized carbons (Fsp3) is 0.263. The van der Waals surface area contributed by atoms with Gasteiger partial charge in [0, 0.05) is 5.56 Å². The van der Waals surface area contributed by atoms with Crippen molar-refractivity contribution in [3.8, 4) is 11.5 Å². The molecule has 1 unspecified atom stereocenters. The highest BCUT2D eigenvalue weighted by molar-refractivity contribution is 14.1. The summed E-state index contributed by atoms with van der Waals surface area (Å²) in [7, 11) is 0. The van der Waals surface area contributed by atoms with Crippen LogP contribution < -0.4 is 0 Å². The van der Waals surface area contributed by atoms with Gasteiger partial charge in [-0.05, 0) is 83.3 Å². The van der Waals surface area contributed by atoms with Crippen LogP contribution in [0, 0.1) is 5.92 Å². The zero-order valence-electron chi connectivity index (χ0n) is 13.0. The van der Waals surface area contributed by atoms with E-state index in [0.29, 0.717) is 5.92 Å². The normalized spacial score (nSPS) is 23.5. The third-order valence-corrected chi connectivity index (χ3v) is 6.33. The Balaban J connectivity index is 1.84. The van der Waals surface area contributed by atoms with Gasteiger partial charge in [0.2, 0.25) is 0 Å². The van der Waals surface area contributed by atoms with Gasteiger partial charge in [-0.25, -0.2) is 0 Å². The van der Waals surface area contributed by atoms with Gasteiger partial charge >= 0.3 is 0 Å². The van der Waals surface area contributed by atoms with Crippen molar-refractivity contribution in [2.24, 2.45) is 16.1 Å². The van der Waals surface area contributed by atoms with Crippen LogP contribution in [0.25, 0.3) is 5.70 Å². The number of azo groups is 1. The lowest BCUT2D eigenvalue weighted by molar-refractivity contribution is 0.206. The molecule has 24 heavy (non-hydrogen) atoms. The summed E-state index contributed by atoms with van der Waals surface area (Å²) >= 11 is 2.37. The Kier molecular flexibility index (Phi) is 3.83. The van der Waals surface area contributed by atoms with Crippen molar-refractivity contribution in [1.82, 2.24) is 0 Å². The molecule has 1 aliphatic heterocycles. The summed E-state index contributed by atoms with van der Waals surface area (Å²) < 4.78 is 1.11. The Morgan fingerprint density at radius 3 is 2.04 bits per heavy atom. The number of phenols is 2. The van der Waals surface area contributed by atoms with Crippen LogP contribution in [0.4, 0.5) is 0 Å². The van der Waals surface area contributed by atoms with Crippen molar-refractivity contribution in [3.05, 3.63) is 63.2 Å². The average molecular weight is 432 g/mol. The number of aromatic hydroxyl groups is 2. The maximum atomic E-state index is 9.62. The van der Waals surface area contributed by atoms with Gasteiger partial charge < -0.3 is 10.2 Å². The highest BCUT2D eigenvalue weighted by Gasteiger charge is 2.50. The summed E-state index contributed by atoms with van der Waals surface area (Å²) in [5, 5.41) is 28.4. The van der Waals surface area contributed by atoms with Crippen LogP contribution in [-0.2, 0) is 5.54 Å². The fourth-order valence-electron chi connectivity index (χ4n) is 3.42. The van der Waals surface area contributed by atoms with Gasteiger partial charge in [0.15, 0.2) is 0 Å². The number of nitrogens with zero attached hydrogens (tertiary/aromatic N) is 2. The first-order valence-electron chi connectivity index (χ1n) is 8.03. The molecule has 1 saturated carbocycles. The van der Waals surface area contributed by atoms with Gasteiger partial charge in [-0.3, -0.25) is 0 Å². The first-order valence-corrected chi connectivity index (χ1v) is 9.11. The Labute approximate surface area is 154 Å². The Hall–Kier alpha value is -1.89. The average Bonchev–Trinajstić information content (AvgIpc) is 2.86. The summed E-state index contributed by atoms with van der Waals surface area (Å²) in [6.07, 6.45) is 3.49. The fourth-order valence-corrected chi connectivity index (χ4v) is 4.70. The van der Waals surface area contributed by atoms with Crippen LogP contribution >= 0.6 is 22.6 Å². The number of hydrogen-bond donors (Lipinski definition) is 2. The third kappa shape index (κ3) is 2.33. The molecule has 4 rings (SSSR count). The first-order chi connectivity index (χ1) is 11.6. The van der Waals surface area contributed by atoms with Gasteiger partial charge in [0.05, 0.1) is 3.58 Å². The van der Waals surface area contributed by atoms with Crippen molar-refractivity contribution >= 4 is 28.3 Å². The Morgan fingerprint density at radius 2 is 1.50 bits per heavy atom. The largest absolute Gasteiger partial charge is 0.508 e. The monoisotopic (exact) mass is 432 g/mol.